The highest BCUT2D eigenvalue weighted by Gasteiger charge is 2.28. The number of urea groups is 1. The van der Waals surface area contributed by atoms with Crippen LogP contribution in [0.4, 0.5) is 10.5 Å². The van der Waals surface area contributed by atoms with E-state index in [9.17, 15) is 9.59 Å². The van der Waals surface area contributed by atoms with Crippen molar-refractivity contribution in [1.29, 1.82) is 0 Å². The molecular formula is C20H23ClN4O2. The molecule has 2 N–H and O–H groups in total. The van der Waals surface area contributed by atoms with E-state index in [0.29, 0.717) is 23.8 Å². The number of likely N-dealkylation sites (N-methyl/N-ethyl adjacent to an activating group) is 2. The Labute approximate surface area is 164 Å². The van der Waals surface area contributed by atoms with Gasteiger partial charge in [-0.3, -0.25) is 9.69 Å². The molecule has 3 rings (SSSR count). The quantitative estimate of drug-likeness (QED) is 0.848. The number of anilines is 1. The van der Waals surface area contributed by atoms with Crippen LogP contribution in [0.1, 0.15) is 17.2 Å². The van der Waals surface area contributed by atoms with E-state index < -0.39 is 0 Å². The van der Waals surface area contributed by atoms with Crippen molar-refractivity contribution in [2.75, 3.05) is 32.5 Å². The highest BCUT2D eigenvalue weighted by molar-refractivity contribution is 6.30. The largest absolute Gasteiger partial charge is 0.336 e. The fraction of sp³-hybridized carbons (Fsp3) is 0.300. The molecule has 1 fully saturated rings. The molecule has 1 saturated heterocycles. The third-order valence-corrected chi connectivity index (χ3v) is 4.92. The maximum absolute atomic E-state index is 12.1. The Bertz CT molecular complexity index is 808. The number of halogens is 1. The summed E-state index contributed by atoms with van der Waals surface area (Å²) in [7, 11) is 3.77. The first kappa shape index (κ1) is 19.2. The molecule has 1 heterocycles. The van der Waals surface area contributed by atoms with Gasteiger partial charge in [0.05, 0.1) is 12.6 Å². The average Bonchev–Trinajstić information content (AvgIpc) is 2.65. The molecule has 0 unspecified atom stereocenters. The Morgan fingerprint density at radius 1 is 1.11 bits per heavy atom. The molecule has 27 heavy (non-hydrogen) atoms. The van der Waals surface area contributed by atoms with Crippen molar-refractivity contribution < 1.29 is 9.59 Å². The molecule has 6 nitrogen and oxygen atoms in total. The van der Waals surface area contributed by atoms with Gasteiger partial charge in [-0.2, -0.15) is 0 Å². The van der Waals surface area contributed by atoms with Gasteiger partial charge in [-0.15, -0.1) is 0 Å². The van der Waals surface area contributed by atoms with Crippen molar-refractivity contribution in [3.63, 3.8) is 0 Å². The zero-order chi connectivity index (χ0) is 19.4. The molecule has 1 aliphatic rings. The number of carbonyl (C=O) groups excluding carboxylic acids is 2. The smallest absolute Gasteiger partial charge is 0.319 e. The number of nitrogens with one attached hydrogen (secondary N) is 2. The van der Waals surface area contributed by atoms with Crippen molar-refractivity contribution in [2.24, 2.45) is 0 Å². The number of hydrogen-bond acceptors (Lipinski definition) is 3. The van der Waals surface area contributed by atoms with Crippen molar-refractivity contribution in [1.82, 2.24) is 15.1 Å². The molecule has 1 atom stereocenters. The summed E-state index contributed by atoms with van der Waals surface area (Å²) in [5.74, 6) is 0.109. The first-order valence-electron chi connectivity index (χ1n) is 8.76. The summed E-state index contributed by atoms with van der Waals surface area (Å²) in [6, 6.07) is 14.7. The molecule has 7 heteroatoms. The van der Waals surface area contributed by atoms with Crippen molar-refractivity contribution in [2.45, 2.75) is 12.6 Å². The molecule has 3 amide bonds. The van der Waals surface area contributed by atoms with Gasteiger partial charge >= 0.3 is 6.03 Å². The summed E-state index contributed by atoms with van der Waals surface area (Å²) < 4.78 is 0. The van der Waals surface area contributed by atoms with Gasteiger partial charge in [-0.1, -0.05) is 35.9 Å². The molecule has 0 aromatic heterocycles. The lowest BCUT2D eigenvalue weighted by Gasteiger charge is -2.37. The van der Waals surface area contributed by atoms with Crippen LogP contribution in [0.25, 0.3) is 0 Å². The summed E-state index contributed by atoms with van der Waals surface area (Å²) in [5.41, 5.74) is 2.72. The predicted octanol–water partition coefficient (Wildman–Crippen LogP) is 3.11. The summed E-state index contributed by atoms with van der Waals surface area (Å²) in [6.07, 6.45) is 0. The van der Waals surface area contributed by atoms with E-state index in [2.05, 4.69) is 10.6 Å². The van der Waals surface area contributed by atoms with E-state index in [1.165, 1.54) is 0 Å². The van der Waals surface area contributed by atoms with Crippen molar-refractivity contribution in [3.05, 3.63) is 64.7 Å². The van der Waals surface area contributed by atoms with Gasteiger partial charge in [0.25, 0.3) is 0 Å². The second kappa shape index (κ2) is 8.41. The van der Waals surface area contributed by atoms with Gasteiger partial charge in [0.1, 0.15) is 0 Å². The molecule has 2 aromatic rings. The molecule has 2 aromatic carbocycles. The van der Waals surface area contributed by atoms with E-state index in [-0.39, 0.29) is 18.0 Å². The highest BCUT2D eigenvalue weighted by Crippen LogP contribution is 2.25. The number of carbonyl (C=O) groups is 2. The summed E-state index contributed by atoms with van der Waals surface area (Å²) in [6.45, 7) is 1.65. The van der Waals surface area contributed by atoms with Crippen LogP contribution < -0.4 is 10.6 Å². The van der Waals surface area contributed by atoms with Crippen molar-refractivity contribution in [3.8, 4) is 0 Å². The average molecular weight is 387 g/mol. The number of piperazine rings is 1. The van der Waals surface area contributed by atoms with Crippen LogP contribution in [0.3, 0.4) is 0 Å². The van der Waals surface area contributed by atoms with Gasteiger partial charge in [0, 0.05) is 30.8 Å². The van der Waals surface area contributed by atoms with Crippen LogP contribution in [0.15, 0.2) is 48.5 Å². The summed E-state index contributed by atoms with van der Waals surface area (Å²) >= 11 is 5.85. The van der Waals surface area contributed by atoms with E-state index in [4.69, 9.17) is 11.6 Å². The number of hydrogen-bond donors (Lipinski definition) is 2. The minimum atomic E-state index is -0.276. The van der Waals surface area contributed by atoms with Gasteiger partial charge in [-0.05, 0) is 42.4 Å². The number of rotatable bonds is 4. The topological polar surface area (TPSA) is 64.7 Å². The lowest BCUT2D eigenvalue weighted by atomic mass is 10.0. The SMILES string of the molecule is CN1CC(=O)N(C)[C@@H](c2ccc(NC(=O)NCc3ccc(Cl)cc3)cc2)C1. The lowest BCUT2D eigenvalue weighted by molar-refractivity contribution is -0.137. The van der Waals surface area contributed by atoms with Gasteiger partial charge in [0.2, 0.25) is 5.91 Å². The first-order chi connectivity index (χ1) is 12.9. The molecule has 142 valence electrons. The Hall–Kier alpha value is -2.57. The molecular weight excluding hydrogens is 364 g/mol. The molecule has 0 radical (unpaired) electrons. The molecule has 0 aliphatic carbocycles. The van der Waals surface area contributed by atoms with E-state index in [1.807, 2.05) is 55.4 Å². The summed E-state index contributed by atoms with van der Waals surface area (Å²) in [5, 5.41) is 6.29. The maximum atomic E-state index is 12.1. The van der Waals surface area contributed by atoms with Crippen LogP contribution in [0.2, 0.25) is 5.02 Å². The lowest BCUT2D eigenvalue weighted by Crippen LogP contribution is -2.48. The number of nitrogens with zero attached hydrogens (tertiary/aromatic N) is 2. The first-order valence-corrected chi connectivity index (χ1v) is 9.13. The minimum absolute atomic E-state index is 0.0176. The Kier molecular flexibility index (Phi) is 5.98. The van der Waals surface area contributed by atoms with E-state index >= 15 is 0 Å². The van der Waals surface area contributed by atoms with Gasteiger partial charge in [0.15, 0.2) is 0 Å². The van der Waals surface area contributed by atoms with Crippen LogP contribution in [0.5, 0.6) is 0 Å². The van der Waals surface area contributed by atoms with Crippen LogP contribution in [-0.4, -0.2) is 48.9 Å². The van der Waals surface area contributed by atoms with Crippen LogP contribution in [-0.2, 0) is 11.3 Å². The Morgan fingerprint density at radius 3 is 2.44 bits per heavy atom. The van der Waals surface area contributed by atoms with E-state index in [1.54, 1.807) is 17.0 Å². The van der Waals surface area contributed by atoms with E-state index in [0.717, 1.165) is 17.7 Å². The molecule has 0 bridgehead atoms. The van der Waals surface area contributed by atoms with Crippen LogP contribution >= 0.6 is 11.6 Å². The fourth-order valence-electron chi connectivity index (χ4n) is 3.08. The Balaban J connectivity index is 1.56. The third-order valence-electron chi connectivity index (χ3n) is 4.67. The molecule has 0 saturated carbocycles. The standard InChI is InChI=1S/C20H23ClN4O2/c1-24-12-18(25(2)19(26)13-24)15-5-9-17(10-6-15)23-20(27)22-11-14-3-7-16(21)8-4-14/h3-10,18H,11-13H2,1-2H3,(H2,22,23,27)/t18-/m1/s1. The number of amides is 3. The van der Waals surface area contributed by atoms with Gasteiger partial charge in [-0.25, -0.2) is 4.79 Å². The second-order valence-electron chi connectivity index (χ2n) is 6.77. The second-order valence-corrected chi connectivity index (χ2v) is 7.21. The summed E-state index contributed by atoms with van der Waals surface area (Å²) in [4.78, 5) is 27.9. The Morgan fingerprint density at radius 2 is 1.78 bits per heavy atom. The third kappa shape index (κ3) is 4.99. The predicted molar refractivity (Wildman–Crippen MR) is 107 cm³/mol. The zero-order valence-corrected chi connectivity index (χ0v) is 16.2. The zero-order valence-electron chi connectivity index (χ0n) is 15.4. The fourth-order valence-corrected chi connectivity index (χ4v) is 3.20. The monoisotopic (exact) mass is 386 g/mol. The van der Waals surface area contributed by atoms with Crippen LogP contribution in [0, 0.1) is 0 Å². The van der Waals surface area contributed by atoms with Crippen molar-refractivity contribution >= 4 is 29.2 Å². The molecule has 1 aliphatic heterocycles. The molecule has 0 spiro atoms. The highest BCUT2D eigenvalue weighted by atomic mass is 35.5. The minimum Gasteiger partial charge on any atom is -0.336 e. The van der Waals surface area contributed by atoms with Gasteiger partial charge < -0.3 is 15.5 Å². The normalized spacial score (nSPS) is 17.7. The number of benzene rings is 2. The maximum Gasteiger partial charge on any atom is 0.319 e.